The van der Waals surface area contributed by atoms with Crippen LogP contribution in [-0.4, -0.2) is 11.1 Å². The molecule has 0 fully saturated rings. The number of halogens is 2. The summed E-state index contributed by atoms with van der Waals surface area (Å²) in [5, 5.41) is 8.64. The summed E-state index contributed by atoms with van der Waals surface area (Å²) >= 11 is 5.51. The number of hydrogen-bond donors (Lipinski definition) is 1. The van der Waals surface area contributed by atoms with Crippen LogP contribution in [0.15, 0.2) is 54.6 Å². The molecule has 19 heavy (non-hydrogen) atoms. The molecule has 0 saturated carbocycles. The zero-order chi connectivity index (χ0) is 13.4. The van der Waals surface area contributed by atoms with E-state index in [-0.39, 0.29) is 23.9 Å². The third-order valence-electron chi connectivity index (χ3n) is 2.33. The highest BCUT2D eigenvalue weighted by Crippen LogP contribution is 2.10. The van der Waals surface area contributed by atoms with Crippen LogP contribution >= 0.6 is 24.0 Å². The van der Waals surface area contributed by atoms with Crippen LogP contribution in [0.2, 0.25) is 0 Å². The molecule has 1 N–H and O–H groups in total. The fourth-order valence-corrected chi connectivity index (χ4v) is 1.61. The maximum Gasteiger partial charge on any atom is 0.336 e. The summed E-state index contributed by atoms with van der Waals surface area (Å²) in [6.45, 7) is 2.08. The first-order chi connectivity index (χ1) is 8.65. The number of hydrogen-bond acceptors (Lipinski definition) is 1. The number of carboxylic acid groups (broad SMARTS) is 1. The second-order valence-corrected chi connectivity index (χ2v) is 4.02. The molecular weight excluding hydrogens is 283 g/mol. The zero-order valence-electron chi connectivity index (χ0n) is 10.5. The lowest BCUT2D eigenvalue weighted by molar-refractivity contribution is 0.0696. The Morgan fingerprint density at radius 3 is 1.95 bits per heavy atom. The van der Waals surface area contributed by atoms with Gasteiger partial charge < -0.3 is 5.11 Å². The second kappa shape index (κ2) is 9.42. The van der Waals surface area contributed by atoms with Crippen molar-refractivity contribution in [2.24, 2.45) is 0 Å². The van der Waals surface area contributed by atoms with Gasteiger partial charge in [0.2, 0.25) is 0 Å². The fourth-order valence-electron chi connectivity index (χ4n) is 1.38. The molecule has 0 atom stereocenters. The molecule has 0 aliphatic carbocycles. The van der Waals surface area contributed by atoms with E-state index in [4.69, 9.17) is 16.7 Å². The van der Waals surface area contributed by atoms with Crippen molar-refractivity contribution in [3.8, 4) is 0 Å². The van der Waals surface area contributed by atoms with E-state index < -0.39 is 5.97 Å². The predicted octanol–water partition coefficient (Wildman–Crippen LogP) is 4.54. The summed E-state index contributed by atoms with van der Waals surface area (Å²) < 4.78 is 0. The monoisotopic (exact) mass is 298 g/mol. The molecule has 2 aromatic carbocycles. The van der Waals surface area contributed by atoms with Gasteiger partial charge in [-0.3, -0.25) is 0 Å². The van der Waals surface area contributed by atoms with Gasteiger partial charge in [-0.05, 0) is 18.6 Å². The van der Waals surface area contributed by atoms with E-state index in [0.717, 1.165) is 0 Å². The number of carboxylic acids is 1. The number of aryl methyl sites for hydroxylation is 1. The van der Waals surface area contributed by atoms with E-state index in [1.165, 1.54) is 5.56 Å². The number of aromatic carboxylic acids is 1. The Morgan fingerprint density at radius 1 is 1.05 bits per heavy atom. The van der Waals surface area contributed by atoms with Crippen molar-refractivity contribution in [1.29, 1.82) is 0 Å². The summed E-state index contributed by atoms with van der Waals surface area (Å²) in [6, 6.07) is 17.0. The number of rotatable bonds is 2. The largest absolute Gasteiger partial charge is 0.478 e. The summed E-state index contributed by atoms with van der Waals surface area (Å²) in [7, 11) is 0. The minimum Gasteiger partial charge on any atom is -0.478 e. The highest BCUT2D eigenvalue weighted by atomic mass is 35.5. The predicted molar refractivity (Wildman–Crippen MR) is 81.4 cm³/mol. The van der Waals surface area contributed by atoms with Gasteiger partial charge in [-0.25, -0.2) is 4.79 Å². The topological polar surface area (TPSA) is 37.3 Å². The third kappa shape index (κ3) is 6.27. The molecule has 2 aromatic rings. The SMILES string of the molecule is Cc1ccccc1.Cl.O=C(O)c1ccccc1CCl. The molecule has 4 heteroatoms. The van der Waals surface area contributed by atoms with Gasteiger partial charge in [-0.1, -0.05) is 54.1 Å². The van der Waals surface area contributed by atoms with Gasteiger partial charge in [0.25, 0.3) is 0 Å². The van der Waals surface area contributed by atoms with Crippen LogP contribution in [0.5, 0.6) is 0 Å². The van der Waals surface area contributed by atoms with Gasteiger partial charge in [0.15, 0.2) is 0 Å². The van der Waals surface area contributed by atoms with E-state index in [9.17, 15) is 4.79 Å². The smallest absolute Gasteiger partial charge is 0.336 e. The van der Waals surface area contributed by atoms with Crippen LogP contribution in [0.1, 0.15) is 21.5 Å². The second-order valence-electron chi connectivity index (χ2n) is 3.75. The average Bonchev–Trinajstić information content (AvgIpc) is 2.40. The van der Waals surface area contributed by atoms with Gasteiger partial charge >= 0.3 is 5.97 Å². The van der Waals surface area contributed by atoms with Crippen molar-refractivity contribution < 1.29 is 9.90 Å². The van der Waals surface area contributed by atoms with E-state index in [2.05, 4.69) is 19.1 Å². The summed E-state index contributed by atoms with van der Waals surface area (Å²) in [4.78, 5) is 10.5. The number of carbonyl (C=O) groups is 1. The number of benzene rings is 2. The van der Waals surface area contributed by atoms with Gasteiger partial charge in [-0.15, -0.1) is 24.0 Å². The lowest BCUT2D eigenvalue weighted by Gasteiger charge is -1.99. The van der Waals surface area contributed by atoms with Crippen LogP contribution in [0.3, 0.4) is 0 Å². The lowest BCUT2D eigenvalue weighted by atomic mass is 10.1. The van der Waals surface area contributed by atoms with E-state index in [0.29, 0.717) is 5.56 Å². The van der Waals surface area contributed by atoms with Crippen molar-refractivity contribution in [3.63, 3.8) is 0 Å². The molecule has 0 aliphatic rings. The normalized spacial score (nSPS) is 8.74. The van der Waals surface area contributed by atoms with Crippen molar-refractivity contribution in [1.82, 2.24) is 0 Å². The van der Waals surface area contributed by atoms with Crippen molar-refractivity contribution >= 4 is 30.0 Å². The van der Waals surface area contributed by atoms with Crippen LogP contribution in [-0.2, 0) is 5.88 Å². The average molecular weight is 299 g/mol. The summed E-state index contributed by atoms with van der Waals surface area (Å²) in [5.74, 6) is -0.691. The van der Waals surface area contributed by atoms with Crippen LogP contribution < -0.4 is 0 Å². The fraction of sp³-hybridized carbons (Fsp3) is 0.133. The van der Waals surface area contributed by atoms with Crippen molar-refractivity contribution in [2.75, 3.05) is 0 Å². The standard InChI is InChI=1S/C8H7ClO2.C7H8.ClH/c9-5-6-3-1-2-4-7(6)8(10)11;1-7-5-3-2-4-6-7;/h1-4H,5H2,(H,10,11);2-6H,1H3;1H. The van der Waals surface area contributed by atoms with Crippen molar-refractivity contribution in [3.05, 3.63) is 71.3 Å². The molecule has 2 rings (SSSR count). The molecule has 2 nitrogen and oxygen atoms in total. The molecule has 0 aromatic heterocycles. The molecule has 0 radical (unpaired) electrons. The molecular formula is C15H16Cl2O2. The Kier molecular flexibility index (Phi) is 8.68. The van der Waals surface area contributed by atoms with E-state index >= 15 is 0 Å². The van der Waals surface area contributed by atoms with Gasteiger partial charge in [-0.2, -0.15) is 0 Å². The van der Waals surface area contributed by atoms with Crippen LogP contribution in [0, 0.1) is 6.92 Å². The van der Waals surface area contributed by atoms with Crippen LogP contribution in [0.25, 0.3) is 0 Å². The molecule has 0 unspecified atom stereocenters. The van der Waals surface area contributed by atoms with E-state index in [1.807, 2.05) is 18.2 Å². The molecule has 0 bridgehead atoms. The Labute approximate surface area is 124 Å². The van der Waals surface area contributed by atoms with Gasteiger partial charge in [0.1, 0.15) is 0 Å². The lowest BCUT2D eigenvalue weighted by Crippen LogP contribution is -1.99. The number of alkyl halides is 1. The highest BCUT2D eigenvalue weighted by Gasteiger charge is 2.06. The highest BCUT2D eigenvalue weighted by molar-refractivity contribution is 6.17. The maximum atomic E-state index is 10.5. The Hall–Kier alpha value is -1.51. The van der Waals surface area contributed by atoms with Crippen LogP contribution in [0.4, 0.5) is 0 Å². The first-order valence-electron chi connectivity index (χ1n) is 5.54. The quantitative estimate of drug-likeness (QED) is 0.827. The first-order valence-corrected chi connectivity index (χ1v) is 6.07. The third-order valence-corrected chi connectivity index (χ3v) is 2.62. The first kappa shape index (κ1) is 17.5. The molecule has 0 spiro atoms. The molecule has 0 heterocycles. The molecule has 0 aliphatic heterocycles. The minimum absolute atomic E-state index is 0. The van der Waals surface area contributed by atoms with Gasteiger partial charge in [0.05, 0.1) is 5.56 Å². The maximum absolute atomic E-state index is 10.5. The van der Waals surface area contributed by atoms with Gasteiger partial charge in [0, 0.05) is 5.88 Å². The summed E-state index contributed by atoms with van der Waals surface area (Å²) in [5.41, 5.74) is 2.26. The van der Waals surface area contributed by atoms with Crippen molar-refractivity contribution in [2.45, 2.75) is 12.8 Å². The summed E-state index contributed by atoms with van der Waals surface area (Å²) in [6.07, 6.45) is 0. The van der Waals surface area contributed by atoms with E-state index in [1.54, 1.807) is 24.3 Å². The molecule has 102 valence electrons. The Balaban J connectivity index is 0.000000352. The zero-order valence-corrected chi connectivity index (χ0v) is 12.1. The molecule has 0 saturated heterocycles. The minimum atomic E-state index is -0.929. The molecule has 0 amide bonds. The Bertz CT molecular complexity index is 499. The Morgan fingerprint density at radius 2 is 1.58 bits per heavy atom.